The second kappa shape index (κ2) is 8.23. The highest BCUT2D eigenvalue weighted by atomic mass is 16.3. The van der Waals surface area contributed by atoms with Crippen LogP contribution in [0.3, 0.4) is 0 Å². The normalized spacial score (nSPS) is 52.8. The van der Waals surface area contributed by atoms with Crippen molar-refractivity contribution in [2.45, 2.75) is 122 Å². The van der Waals surface area contributed by atoms with Gasteiger partial charge in [0.05, 0.1) is 0 Å². The zero-order chi connectivity index (χ0) is 22.0. The lowest BCUT2D eigenvalue weighted by Gasteiger charge is -2.63. The fourth-order valence-electron chi connectivity index (χ4n) is 10.6. The van der Waals surface area contributed by atoms with Crippen LogP contribution in [0.2, 0.25) is 0 Å². The van der Waals surface area contributed by atoms with Gasteiger partial charge in [0.2, 0.25) is 0 Å². The molecule has 4 aliphatic carbocycles. The number of piperidine rings is 2. The van der Waals surface area contributed by atoms with E-state index in [-0.39, 0.29) is 0 Å². The lowest BCUT2D eigenvalue weighted by molar-refractivity contribution is -0.211. The molecule has 3 nitrogen and oxygen atoms in total. The van der Waals surface area contributed by atoms with Gasteiger partial charge in [-0.05, 0) is 131 Å². The van der Waals surface area contributed by atoms with Gasteiger partial charge in [0.1, 0.15) is 5.72 Å². The minimum Gasteiger partial charge on any atom is -0.376 e. The van der Waals surface area contributed by atoms with Crippen molar-refractivity contribution >= 4 is 0 Å². The molecule has 2 aliphatic heterocycles. The summed E-state index contributed by atoms with van der Waals surface area (Å²) in [6.07, 6.45) is 20.4. The van der Waals surface area contributed by atoms with E-state index >= 15 is 0 Å². The molecule has 182 valence electrons. The molecule has 3 unspecified atom stereocenters. The number of aliphatic hydroxyl groups is 1. The van der Waals surface area contributed by atoms with Crippen molar-refractivity contribution in [2.75, 3.05) is 26.2 Å². The third kappa shape index (κ3) is 3.54. The molecular weight excluding hydrogens is 392 g/mol. The molecule has 1 N–H and O–H groups in total. The van der Waals surface area contributed by atoms with Crippen LogP contribution in [0.1, 0.15) is 110 Å². The largest absolute Gasteiger partial charge is 0.376 e. The van der Waals surface area contributed by atoms with Crippen molar-refractivity contribution in [3.05, 3.63) is 0 Å². The van der Waals surface area contributed by atoms with Crippen molar-refractivity contribution in [3.63, 3.8) is 0 Å². The topological polar surface area (TPSA) is 26.7 Å². The molecule has 0 amide bonds. The monoisotopic (exact) mass is 442 g/mol. The van der Waals surface area contributed by atoms with Crippen LogP contribution < -0.4 is 0 Å². The van der Waals surface area contributed by atoms with E-state index in [0.29, 0.717) is 10.8 Å². The molecule has 0 aromatic heterocycles. The Morgan fingerprint density at radius 1 is 0.750 bits per heavy atom. The van der Waals surface area contributed by atoms with Gasteiger partial charge in [-0.2, -0.15) is 0 Å². The summed E-state index contributed by atoms with van der Waals surface area (Å²) >= 11 is 0. The first-order valence-electron chi connectivity index (χ1n) is 14.6. The Hall–Kier alpha value is -0.120. The third-order valence-electron chi connectivity index (χ3n) is 12.2. The molecule has 6 rings (SSSR count). The fraction of sp³-hybridized carbons (Fsp3) is 1.00. The number of rotatable bonds is 2. The number of hydrogen-bond acceptors (Lipinski definition) is 3. The van der Waals surface area contributed by atoms with Crippen LogP contribution in [0, 0.1) is 34.5 Å². The molecular formula is C29H50N2O. The third-order valence-corrected chi connectivity index (χ3v) is 12.2. The van der Waals surface area contributed by atoms with Gasteiger partial charge in [0.15, 0.2) is 0 Å². The summed E-state index contributed by atoms with van der Waals surface area (Å²) in [6.45, 7) is 10.3. The summed E-state index contributed by atoms with van der Waals surface area (Å²) in [5.74, 6) is 3.58. The van der Waals surface area contributed by atoms with Gasteiger partial charge < -0.3 is 10.0 Å². The zero-order valence-electron chi connectivity index (χ0n) is 21.2. The first-order chi connectivity index (χ1) is 15.4. The Bertz CT molecular complexity index is 685. The molecule has 4 saturated carbocycles. The molecule has 0 aromatic rings. The van der Waals surface area contributed by atoms with E-state index in [9.17, 15) is 5.11 Å². The minimum absolute atomic E-state index is 0.359. The Kier molecular flexibility index (Phi) is 5.75. The number of fused-ring (bicyclic) bond motifs is 5. The van der Waals surface area contributed by atoms with Gasteiger partial charge in [-0.3, -0.25) is 4.90 Å². The van der Waals surface area contributed by atoms with Crippen molar-refractivity contribution in [1.82, 2.24) is 9.80 Å². The summed E-state index contributed by atoms with van der Waals surface area (Å²) in [7, 11) is 0. The minimum atomic E-state index is -0.514. The maximum atomic E-state index is 12.0. The standard InChI is InChI=1S/C29H50N2O/c1-27-13-12-25-24(26(27)19-23(20-27)30-15-5-3-6-16-30)10-9-22-11-14-29(32,21-28(22,25)2)31-17-7-4-8-18-31/h22-26,32H,3-21H2,1-2H3/t22?,23?,24-,25-,26+,27-,28+,29?/m1/s1. The van der Waals surface area contributed by atoms with Gasteiger partial charge in [-0.15, -0.1) is 0 Å². The van der Waals surface area contributed by atoms with Crippen molar-refractivity contribution in [2.24, 2.45) is 34.5 Å². The quantitative estimate of drug-likeness (QED) is 0.563. The molecule has 32 heavy (non-hydrogen) atoms. The fourth-order valence-corrected chi connectivity index (χ4v) is 10.6. The Labute approximate surface area is 197 Å². The van der Waals surface area contributed by atoms with Gasteiger partial charge >= 0.3 is 0 Å². The second-order valence-electron chi connectivity index (χ2n) is 13.8. The number of hydrogen-bond donors (Lipinski definition) is 1. The van der Waals surface area contributed by atoms with Crippen LogP contribution in [0.25, 0.3) is 0 Å². The highest BCUT2D eigenvalue weighted by Crippen LogP contribution is 2.67. The molecule has 6 fully saturated rings. The van der Waals surface area contributed by atoms with Crippen LogP contribution in [-0.2, 0) is 0 Å². The van der Waals surface area contributed by atoms with E-state index in [4.69, 9.17) is 0 Å². The SMILES string of the molecule is C[C@]12CC[C@@H]3[C@@H](CCC4CCC(O)(N5CCCCC5)C[C@@]43C)[C@@H]1CC(N1CCCCC1)C2. The Morgan fingerprint density at radius 3 is 2.22 bits per heavy atom. The van der Waals surface area contributed by atoms with Gasteiger partial charge in [-0.25, -0.2) is 0 Å². The van der Waals surface area contributed by atoms with E-state index in [1.165, 1.54) is 96.6 Å². The molecule has 2 saturated heterocycles. The average molecular weight is 443 g/mol. The van der Waals surface area contributed by atoms with Gasteiger partial charge in [0, 0.05) is 19.1 Å². The molecule has 0 spiro atoms. The zero-order valence-corrected chi connectivity index (χ0v) is 21.2. The highest BCUT2D eigenvalue weighted by molar-refractivity contribution is 5.11. The van der Waals surface area contributed by atoms with E-state index in [2.05, 4.69) is 23.6 Å². The maximum absolute atomic E-state index is 12.0. The summed E-state index contributed by atoms with van der Waals surface area (Å²) in [5.41, 5.74) is 0.433. The molecule has 0 aromatic carbocycles. The van der Waals surface area contributed by atoms with E-state index < -0.39 is 5.72 Å². The maximum Gasteiger partial charge on any atom is 0.119 e. The summed E-state index contributed by atoms with van der Waals surface area (Å²) in [4.78, 5) is 5.40. The predicted octanol–water partition coefficient (Wildman–Crippen LogP) is 6.06. The summed E-state index contributed by atoms with van der Waals surface area (Å²) in [6, 6.07) is 0.867. The van der Waals surface area contributed by atoms with Gasteiger partial charge in [-0.1, -0.05) is 26.7 Å². The van der Waals surface area contributed by atoms with E-state index in [0.717, 1.165) is 55.6 Å². The highest BCUT2D eigenvalue weighted by Gasteiger charge is 2.61. The lowest BCUT2D eigenvalue weighted by Crippen LogP contribution is -2.61. The smallest absolute Gasteiger partial charge is 0.119 e. The first-order valence-corrected chi connectivity index (χ1v) is 14.6. The first kappa shape index (κ1) is 22.4. The Morgan fingerprint density at radius 2 is 1.47 bits per heavy atom. The number of likely N-dealkylation sites (tertiary alicyclic amines) is 2. The average Bonchev–Trinajstić information content (AvgIpc) is 3.17. The van der Waals surface area contributed by atoms with Crippen LogP contribution >= 0.6 is 0 Å². The van der Waals surface area contributed by atoms with Crippen LogP contribution in [0.15, 0.2) is 0 Å². The van der Waals surface area contributed by atoms with Crippen molar-refractivity contribution in [3.8, 4) is 0 Å². The molecule has 0 bridgehead atoms. The van der Waals surface area contributed by atoms with E-state index in [1.807, 2.05) is 0 Å². The van der Waals surface area contributed by atoms with Crippen LogP contribution in [0.4, 0.5) is 0 Å². The Balaban J connectivity index is 1.22. The van der Waals surface area contributed by atoms with Crippen molar-refractivity contribution < 1.29 is 5.11 Å². The molecule has 6 aliphatic rings. The summed E-state index contributed by atoms with van der Waals surface area (Å²) in [5, 5.41) is 12.0. The predicted molar refractivity (Wildman–Crippen MR) is 131 cm³/mol. The van der Waals surface area contributed by atoms with E-state index in [1.54, 1.807) is 0 Å². The second-order valence-corrected chi connectivity index (χ2v) is 13.8. The van der Waals surface area contributed by atoms with Gasteiger partial charge in [0.25, 0.3) is 0 Å². The molecule has 8 atom stereocenters. The van der Waals surface area contributed by atoms with Crippen LogP contribution in [-0.4, -0.2) is 52.9 Å². The number of nitrogens with zero attached hydrogens (tertiary/aromatic N) is 2. The molecule has 2 heterocycles. The lowest BCUT2D eigenvalue weighted by atomic mass is 9.44. The molecule has 3 heteroatoms. The molecule has 0 radical (unpaired) electrons. The summed E-state index contributed by atoms with van der Waals surface area (Å²) < 4.78 is 0. The van der Waals surface area contributed by atoms with Crippen molar-refractivity contribution in [1.29, 1.82) is 0 Å². The van der Waals surface area contributed by atoms with Crippen LogP contribution in [0.5, 0.6) is 0 Å².